The van der Waals surface area contributed by atoms with Gasteiger partial charge in [-0.25, -0.2) is 4.68 Å². The van der Waals surface area contributed by atoms with Crippen molar-refractivity contribution in [1.82, 2.24) is 15.0 Å². The lowest BCUT2D eigenvalue weighted by molar-refractivity contribution is 0.211. The normalized spacial score (nSPS) is 13.1. The fourth-order valence-electron chi connectivity index (χ4n) is 1.91. The number of hydrogen-bond donors (Lipinski definition) is 1. The Balaban J connectivity index is 2.13. The summed E-state index contributed by atoms with van der Waals surface area (Å²) in [6.45, 7) is 0. The highest BCUT2D eigenvalue weighted by atomic mass is 32.1. The molecule has 0 bridgehead atoms. The van der Waals surface area contributed by atoms with Gasteiger partial charge in [-0.1, -0.05) is 23.4 Å². The second-order valence-electron chi connectivity index (χ2n) is 3.87. The van der Waals surface area contributed by atoms with Gasteiger partial charge in [0.05, 0.1) is 11.9 Å². The zero-order chi connectivity index (χ0) is 11.8. The predicted octanol–water partition coefficient (Wildman–Crippen LogP) is 2.11. The number of thiophene rings is 1. The van der Waals surface area contributed by atoms with E-state index in [1.165, 1.54) is 4.70 Å². The monoisotopic (exact) mass is 245 g/mol. The molecule has 17 heavy (non-hydrogen) atoms. The van der Waals surface area contributed by atoms with Gasteiger partial charge in [-0.05, 0) is 16.8 Å². The van der Waals surface area contributed by atoms with Crippen molar-refractivity contribution in [3.05, 3.63) is 47.1 Å². The fraction of sp³-hybridized carbons (Fsp3) is 0.167. The van der Waals surface area contributed by atoms with E-state index in [2.05, 4.69) is 16.4 Å². The Bertz CT molecular complexity index is 658. The van der Waals surface area contributed by atoms with E-state index >= 15 is 0 Å². The Kier molecular flexibility index (Phi) is 2.42. The summed E-state index contributed by atoms with van der Waals surface area (Å²) in [5.41, 5.74) is 1.62. The molecular weight excluding hydrogens is 234 g/mol. The SMILES string of the molecule is Cn1nncc1C(O)c1csc2ccccc12. The quantitative estimate of drug-likeness (QED) is 0.752. The third-order valence-electron chi connectivity index (χ3n) is 2.84. The summed E-state index contributed by atoms with van der Waals surface area (Å²) in [4.78, 5) is 0. The van der Waals surface area contributed by atoms with Crippen LogP contribution in [0.1, 0.15) is 17.4 Å². The van der Waals surface area contributed by atoms with Gasteiger partial charge in [-0.2, -0.15) is 0 Å². The number of hydrogen-bond acceptors (Lipinski definition) is 4. The molecule has 3 rings (SSSR count). The lowest BCUT2D eigenvalue weighted by Crippen LogP contribution is -2.05. The molecule has 0 aliphatic heterocycles. The highest BCUT2D eigenvalue weighted by molar-refractivity contribution is 7.17. The number of benzene rings is 1. The van der Waals surface area contributed by atoms with E-state index in [0.29, 0.717) is 5.69 Å². The Morgan fingerprint density at radius 3 is 2.94 bits per heavy atom. The molecule has 0 saturated heterocycles. The van der Waals surface area contributed by atoms with Gasteiger partial charge in [0.2, 0.25) is 0 Å². The highest BCUT2D eigenvalue weighted by Gasteiger charge is 2.18. The Hall–Kier alpha value is -1.72. The lowest BCUT2D eigenvalue weighted by Gasteiger charge is -2.09. The smallest absolute Gasteiger partial charge is 0.124 e. The molecule has 1 N–H and O–H groups in total. The summed E-state index contributed by atoms with van der Waals surface area (Å²) in [5, 5.41) is 21.1. The van der Waals surface area contributed by atoms with E-state index in [1.807, 2.05) is 23.6 Å². The molecule has 1 unspecified atom stereocenters. The fourth-order valence-corrected chi connectivity index (χ4v) is 2.89. The Morgan fingerprint density at radius 1 is 1.35 bits per heavy atom. The van der Waals surface area contributed by atoms with Gasteiger partial charge in [0.15, 0.2) is 0 Å². The van der Waals surface area contributed by atoms with Gasteiger partial charge in [-0.15, -0.1) is 16.4 Å². The van der Waals surface area contributed by atoms with Crippen LogP contribution >= 0.6 is 11.3 Å². The van der Waals surface area contributed by atoms with Crippen LogP contribution in [-0.2, 0) is 7.05 Å². The first-order valence-corrected chi connectivity index (χ1v) is 6.14. The van der Waals surface area contributed by atoms with Crippen LogP contribution in [0.25, 0.3) is 10.1 Å². The van der Waals surface area contributed by atoms with Gasteiger partial charge in [0.25, 0.3) is 0 Å². The molecule has 1 atom stereocenters. The molecule has 0 aliphatic rings. The molecule has 5 heteroatoms. The molecular formula is C12H11N3OS. The summed E-state index contributed by atoms with van der Waals surface area (Å²) >= 11 is 1.64. The van der Waals surface area contributed by atoms with Crippen LogP contribution in [0.5, 0.6) is 0 Å². The molecule has 0 saturated carbocycles. The summed E-state index contributed by atoms with van der Waals surface area (Å²) in [6.07, 6.45) is 0.919. The number of aromatic nitrogens is 3. The van der Waals surface area contributed by atoms with Crippen LogP contribution in [0.4, 0.5) is 0 Å². The summed E-state index contributed by atoms with van der Waals surface area (Å²) in [6, 6.07) is 8.05. The maximum atomic E-state index is 10.4. The molecule has 1 aromatic carbocycles. The van der Waals surface area contributed by atoms with E-state index in [-0.39, 0.29) is 0 Å². The van der Waals surface area contributed by atoms with Crippen molar-refractivity contribution >= 4 is 21.4 Å². The number of rotatable bonds is 2. The standard InChI is InChI=1S/C12H11N3OS/c1-15-10(6-13-14-15)12(16)9-7-17-11-5-3-2-4-8(9)11/h2-7,12,16H,1H3. The predicted molar refractivity (Wildman–Crippen MR) is 66.9 cm³/mol. The molecule has 0 spiro atoms. The maximum Gasteiger partial charge on any atom is 0.124 e. The number of nitrogens with zero attached hydrogens (tertiary/aromatic N) is 3. The first kappa shape index (κ1) is 10.4. The molecule has 0 radical (unpaired) electrons. The van der Waals surface area contributed by atoms with Crippen molar-refractivity contribution in [2.24, 2.45) is 7.05 Å². The summed E-state index contributed by atoms with van der Waals surface area (Å²) in [5.74, 6) is 0. The van der Waals surface area contributed by atoms with Crippen molar-refractivity contribution in [1.29, 1.82) is 0 Å². The van der Waals surface area contributed by atoms with Gasteiger partial charge >= 0.3 is 0 Å². The Labute approximate surface area is 102 Å². The van der Waals surface area contributed by atoms with E-state index in [9.17, 15) is 5.11 Å². The van der Waals surface area contributed by atoms with E-state index in [1.54, 1.807) is 29.3 Å². The second-order valence-corrected chi connectivity index (χ2v) is 4.78. The zero-order valence-electron chi connectivity index (χ0n) is 9.24. The Morgan fingerprint density at radius 2 is 2.18 bits per heavy atom. The zero-order valence-corrected chi connectivity index (χ0v) is 10.1. The van der Waals surface area contributed by atoms with Crippen LogP contribution in [0.3, 0.4) is 0 Å². The lowest BCUT2D eigenvalue weighted by atomic mass is 10.1. The number of aliphatic hydroxyl groups is 1. The van der Waals surface area contributed by atoms with E-state index < -0.39 is 6.10 Å². The van der Waals surface area contributed by atoms with Crippen LogP contribution in [0.2, 0.25) is 0 Å². The summed E-state index contributed by atoms with van der Waals surface area (Å²) in [7, 11) is 1.78. The van der Waals surface area contributed by atoms with Crippen LogP contribution in [0, 0.1) is 0 Å². The van der Waals surface area contributed by atoms with Crippen molar-refractivity contribution in [2.45, 2.75) is 6.10 Å². The minimum atomic E-state index is -0.675. The number of aryl methyl sites for hydroxylation is 1. The van der Waals surface area contributed by atoms with Gasteiger partial charge < -0.3 is 5.11 Å². The van der Waals surface area contributed by atoms with Crippen molar-refractivity contribution in [2.75, 3.05) is 0 Å². The van der Waals surface area contributed by atoms with Gasteiger partial charge in [-0.3, -0.25) is 0 Å². The minimum Gasteiger partial charge on any atom is -0.382 e. The minimum absolute atomic E-state index is 0.675. The van der Waals surface area contributed by atoms with Crippen LogP contribution in [0.15, 0.2) is 35.8 Å². The first-order valence-electron chi connectivity index (χ1n) is 5.26. The molecule has 0 amide bonds. The van der Waals surface area contributed by atoms with Crippen molar-refractivity contribution in [3.8, 4) is 0 Å². The third kappa shape index (κ3) is 1.64. The average molecular weight is 245 g/mol. The number of aliphatic hydroxyl groups excluding tert-OH is 1. The molecule has 2 aromatic heterocycles. The van der Waals surface area contributed by atoms with Crippen molar-refractivity contribution < 1.29 is 5.11 Å². The molecule has 0 fully saturated rings. The summed E-state index contributed by atoms with van der Waals surface area (Å²) < 4.78 is 2.77. The molecule has 86 valence electrons. The average Bonchev–Trinajstić information content (AvgIpc) is 2.94. The highest BCUT2D eigenvalue weighted by Crippen LogP contribution is 2.32. The largest absolute Gasteiger partial charge is 0.382 e. The topological polar surface area (TPSA) is 50.9 Å². The van der Waals surface area contributed by atoms with Crippen molar-refractivity contribution in [3.63, 3.8) is 0 Å². The second kappa shape index (κ2) is 3.94. The number of fused-ring (bicyclic) bond motifs is 1. The van der Waals surface area contributed by atoms with E-state index in [4.69, 9.17) is 0 Å². The molecule has 0 aliphatic carbocycles. The van der Waals surface area contributed by atoms with Crippen LogP contribution < -0.4 is 0 Å². The molecule has 3 aromatic rings. The van der Waals surface area contributed by atoms with Gasteiger partial charge in [0, 0.05) is 17.3 Å². The first-order chi connectivity index (χ1) is 8.27. The third-order valence-corrected chi connectivity index (χ3v) is 3.82. The van der Waals surface area contributed by atoms with Crippen LogP contribution in [-0.4, -0.2) is 20.1 Å². The van der Waals surface area contributed by atoms with E-state index in [0.717, 1.165) is 10.9 Å². The van der Waals surface area contributed by atoms with Gasteiger partial charge in [0.1, 0.15) is 6.10 Å². The molecule has 2 heterocycles. The maximum absolute atomic E-state index is 10.4. The molecule has 4 nitrogen and oxygen atoms in total.